The molecule has 1 aromatic heterocycles. The molecule has 0 radical (unpaired) electrons. The van der Waals surface area contributed by atoms with Crippen LogP contribution in [-0.4, -0.2) is 16.6 Å². The summed E-state index contributed by atoms with van der Waals surface area (Å²) in [5, 5.41) is 0. The van der Waals surface area contributed by atoms with Gasteiger partial charge in [-0.15, -0.1) is 0 Å². The molecule has 1 fully saturated rings. The first-order valence-electron chi connectivity index (χ1n) is 5.39. The summed E-state index contributed by atoms with van der Waals surface area (Å²) in [5.41, 5.74) is 0.759. The molecule has 1 aliphatic carbocycles. The molecule has 2 N–H and O–H groups in total. The van der Waals surface area contributed by atoms with Crippen LogP contribution in [0, 0.1) is 0 Å². The number of aromatic nitrogens is 2. The smallest absolute Gasteiger partial charge is 0.131 e. The van der Waals surface area contributed by atoms with E-state index in [1.54, 1.807) is 0 Å². The highest BCUT2D eigenvalue weighted by molar-refractivity contribution is 9.10. The Hall–Kier alpha value is -0.520. The Morgan fingerprint density at radius 3 is 2.81 bits per heavy atom. The molecular weight excluding hydrogens is 270 g/mol. The Morgan fingerprint density at radius 2 is 2.25 bits per heavy atom. The molecule has 0 aromatic carbocycles. The fourth-order valence-corrected chi connectivity index (χ4v) is 2.40. The first-order valence-corrected chi connectivity index (χ1v) is 6.18. The average molecular weight is 286 g/mol. The van der Waals surface area contributed by atoms with Gasteiger partial charge >= 0.3 is 0 Å². The van der Waals surface area contributed by atoms with Gasteiger partial charge in [-0.1, -0.05) is 13.8 Å². The SMILES string of the molecule is CC(C)(CON)c1nc(C2CC2)ncc1Br. The van der Waals surface area contributed by atoms with Gasteiger partial charge in [0.2, 0.25) is 0 Å². The summed E-state index contributed by atoms with van der Waals surface area (Å²) in [6.07, 6.45) is 4.23. The van der Waals surface area contributed by atoms with Gasteiger partial charge < -0.3 is 4.84 Å². The van der Waals surface area contributed by atoms with Crippen LogP contribution < -0.4 is 5.90 Å². The lowest BCUT2D eigenvalue weighted by molar-refractivity contribution is 0.0945. The van der Waals surface area contributed by atoms with Crippen molar-refractivity contribution in [1.29, 1.82) is 0 Å². The van der Waals surface area contributed by atoms with Crippen LogP contribution in [0.4, 0.5) is 0 Å². The molecule has 0 amide bonds. The molecule has 16 heavy (non-hydrogen) atoms. The summed E-state index contributed by atoms with van der Waals surface area (Å²) in [6, 6.07) is 0. The highest BCUT2D eigenvalue weighted by atomic mass is 79.9. The highest BCUT2D eigenvalue weighted by Gasteiger charge is 2.31. The van der Waals surface area contributed by atoms with Crippen molar-refractivity contribution in [2.75, 3.05) is 6.61 Å². The molecule has 0 unspecified atom stereocenters. The van der Waals surface area contributed by atoms with Crippen LogP contribution >= 0.6 is 15.9 Å². The maximum Gasteiger partial charge on any atom is 0.131 e. The van der Waals surface area contributed by atoms with E-state index >= 15 is 0 Å². The summed E-state index contributed by atoms with van der Waals surface area (Å²) in [4.78, 5) is 13.7. The van der Waals surface area contributed by atoms with E-state index in [9.17, 15) is 0 Å². The van der Waals surface area contributed by atoms with Crippen molar-refractivity contribution in [1.82, 2.24) is 9.97 Å². The summed E-state index contributed by atoms with van der Waals surface area (Å²) >= 11 is 3.48. The Bertz CT molecular complexity index is 391. The van der Waals surface area contributed by atoms with E-state index in [0.717, 1.165) is 16.0 Å². The van der Waals surface area contributed by atoms with Crippen molar-refractivity contribution in [3.63, 3.8) is 0 Å². The van der Waals surface area contributed by atoms with Gasteiger partial charge in [-0.3, -0.25) is 0 Å². The third-order valence-electron chi connectivity index (χ3n) is 2.79. The normalized spacial score (nSPS) is 16.5. The van der Waals surface area contributed by atoms with Crippen LogP contribution in [0.3, 0.4) is 0 Å². The third-order valence-corrected chi connectivity index (χ3v) is 3.37. The minimum atomic E-state index is -0.208. The van der Waals surface area contributed by atoms with Crippen LogP contribution in [-0.2, 0) is 10.3 Å². The van der Waals surface area contributed by atoms with Crippen molar-refractivity contribution >= 4 is 15.9 Å². The number of hydrogen-bond acceptors (Lipinski definition) is 4. The predicted molar refractivity (Wildman–Crippen MR) is 64.9 cm³/mol. The van der Waals surface area contributed by atoms with E-state index in [-0.39, 0.29) is 5.41 Å². The summed E-state index contributed by atoms with van der Waals surface area (Å²) < 4.78 is 0.916. The molecule has 0 bridgehead atoms. The van der Waals surface area contributed by atoms with Gasteiger partial charge in [0.1, 0.15) is 5.82 Å². The van der Waals surface area contributed by atoms with E-state index in [1.165, 1.54) is 12.8 Å². The van der Waals surface area contributed by atoms with Crippen molar-refractivity contribution in [2.45, 2.75) is 38.0 Å². The predicted octanol–water partition coefficient (Wildman–Crippen LogP) is 2.28. The maximum atomic E-state index is 5.15. The zero-order valence-corrected chi connectivity index (χ0v) is 11.1. The van der Waals surface area contributed by atoms with E-state index in [0.29, 0.717) is 12.5 Å². The second kappa shape index (κ2) is 4.39. The van der Waals surface area contributed by atoms with Crippen LogP contribution in [0.1, 0.15) is 44.1 Å². The summed E-state index contributed by atoms with van der Waals surface area (Å²) in [5.74, 6) is 6.66. The summed E-state index contributed by atoms with van der Waals surface area (Å²) in [6.45, 7) is 4.56. The van der Waals surface area contributed by atoms with Gasteiger partial charge in [0, 0.05) is 17.5 Å². The molecule has 1 saturated carbocycles. The number of rotatable bonds is 4. The molecule has 0 spiro atoms. The Morgan fingerprint density at radius 1 is 1.56 bits per heavy atom. The number of nitrogens with two attached hydrogens (primary N) is 1. The maximum absolute atomic E-state index is 5.15. The first-order chi connectivity index (χ1) is 7.54. The van der Waals surface area contributed by atoms with Gasteiger partial charge in [0.15, 0.2) is 0 Å². The van der Waals surface area contributed by atoms with E-state index < -0.39 is 0 Å². The van der Waals surface area contributed by atoms with Crippen LogP contribution in [0.25, 0.3) is 0 Å². The minimum absolute atomic E-state index is 0.208. The quantitative estimate of drug-likeness (QED) is 0.863. The standard InChI is InChI=1S/C11H16BrN3O/c1-11(2,6-16-13)9-8(12)5-14-10(15-9)7-3-4-7/h5,7H,3-4,6,13H2,1-2H3. The Kier molecular flexibility index (Phi) is 3.28. The van der Waals surface area contributed by atoms with Gasteiger partial charge in [-0.2, -0.15) is 0 Å². The fraction of sp³-hybridized carbons (Fsp3) is 0.636. The van der Waals surface area contributed by atoms with Crippen molar-refractivity contribution < 1.29 is 4.84 Å². The second-order valence-corrected chi connectivity index (χ2v) is 5.75. The molecule has 4 nitrogen and oxygen atoms in total. The average Bonchev–Trinajstić information content (AvgIpc) is 3.01. The topological polar surface area (TPSA) is 61.0 Å². The molecule has 1 heterocycles. The number of halogens is 1. The van der Waals surface area contributed by atoms with Gasteiger partial charge in [0.05, 0.1) is 16.8 Å². The molecule has 0 aliphatic heterocycles. The van der Waals surface area contributed by atoms with Crippen molar-refractivity contribution in [3.05, 3.63) is 22.2 Å². The summed E-state index contributed by atoms with van der Waals surface area (Å²) in [7, 11) is 0. The highest BCUT2D eigenvalue weighted by Crippen LogP contribution is 2.39. The molecule has 88 valence electrons. The minimum Gasteiger partial charge on any atom is -0.304 e. The number of hydrogen-bond donors (Lipinski definition) is 1. The zero-order valence-electron chi connectivity index (χ0n) is 9.53. The van der Waals surface area contributed by atoms with E-state index in [2.05, 4.69) is 39.7 Å². The molecule has 1 aromatic rings. The van der Waals surface area contributed by atoms with Gasteiger partial charge in [-0.05, 0) is 28.8 Å². The molecule has 1 aliphatic rings. The lowest BCUT2D eigenvalue weighted by atomic mass is 9.90. The lowest BCUT2D eigenvalue weighted by Crippen LogP contribution is -2.28. The van der Waals surface area contributed by atoms with Gasteiger partial charge in [0.25, 0.3) is 0 Å². The first kappa shape index (κ1) is 12.0. The van der Waals surface area contributed by atoms with Crippen LogP contribution in [0.2, 0.25) is 0 Å². The van der Waals surface area contributed by atoms with Gasteiger partial charge in [-0.25, -0.2) is 15.9 Å². The van der Waals surface area contributed by atoms with Crippen molar-refractivity contribution in [2.24, 2.45) is 5.90 Å². The number of nitrogens with zero attached hydrogens (tertiary/aromatic N) is 2. The molecule has 0 saturated heterocycles. The Labute approximate surface area is 104 Å². The third kappa shape index (κ3) is 2.42. The monoisotopic (exact) mass is 285 g/mol. The molecule has 2 rings (SSSR count). The second-order valence-electron chi connectivity index (χ2n) is 4.89. The van der Waals surface area contributed by atoms with E-state index in [1.807, 2.05) is 6.20 Å². The molecule has 0 atom stereocenters. The van der Waals surface area contributed by atoms with Crippen LogP contribution in [0.5, 0.6) is 0 Å². The van der Waals surface area contributed by atoms with Crippen molar-refractivity contribution in [3.8, 4) is 0 Å². The largest absolute Gasteiger partial charge is 0.304 e. The Balaban J connectivity index is 2.33. The van der Waals surface area contributed by atoms with E-state index in [4.69, 9.17) is 10.7 Å². The zero-order chi connectivity index (χ0) is 11.8. The van der Waals surface area contributed by atoms with Crippen LogP contribution in [0.15, 0.2) is 10.7 Å². The molecule has 5 heteroatoms. The molecular formula is C11H16BrN3O. The lowest BCUT2D eigenvalue weighted by Gasteiger charge is -2.23. The fourth-order valence-electron chi connectivity index (χ4n) is 1.67.